The first kappa shape index (κ1) is 33.2. The van der Waals surface area contributed by atoms with E-state index in [0.29, 0.717) is 23.6 Å². The van der Waals surface area contributed by atoms with Crippen LogP contribution in [0.4, 0.5) is 5.69 Å². The van der Waals surface area contributed by atoms with Gasteiger partial charge < -0.3 is 18.8 Å². The zero-order valence-electron chi connectivity index (χ0n) is 27.7. The number of hydrogen-bond donors (Lipinski definition) is 0. The minimum atomic E-state index is -2.63. The van der Waals surface area contributed by atoms with Gasteiger partial charge in [-0.3, -0.25) is 13.9 Å². The Labute approximate surface area is 271 Å². The van der Waals surface area contributed by atoms with Crippen molar-refractivity contribution in [3.63, 3.8) is 0 Å². The summed E-state index contributed by atoms with van der Waals surface area (Å²) in [4.78, 5) is 40.4. The largest absolute Gasteiger partial charge is 0.469 e. The number of ether oxygens (including phenoxy) is 2. The standard InChI is InChI=1S/C36H45N3O6Si/c1-36(2,3)46(28-13-9-7-10-14-28,29-15-11-8-12-16-29)45-25-26-21-22-38(24-26)27-17-18-30-32(23-27)37(4)35(42)39(30)31(34(41)44-6)19-20-33(40)43-5/h7-18,23,26,31H,19-22,24-25H2,1-6H3. The van der Waals surface area contributed by atoms with E-state index in [4.69, 9.17) is 13.9 Å². The normalized spacial score (nSPS) is 16.0. The number of fused-ring (bicyclic) bond motifs is 1. The molecule has 46 heavy (non-hydrogen) atoms. The lowest BCUT2D eigenvalue weighted by Gasteiger charge is -2.43. The molecule has 10 heteroatoms. The minimum Gasteiger partial charge on any atom is -0.469 e. The Balaban J connectivity index is 1.39. The Morgan fingerprint density at radius 1 is 0.913 bits per heavy atom. The number of hydrogen-bond acceptors (Lipinski definition) is 7. The van der Waals surface area contributed by atoms with Crippen LogP contribution in [0.3, 0.4) is 0 Å². The molecule has 0 aliphatic carbocycles. The summed E-state index contributed by atoms with van der Waals surface area (Å²) in [6.07, 6.45) is 1.08. The molecule has 0 spiro atoms. The number of aryl methyl sites for hydroxylation is 1. The second kappa shape index (κ2) is 13.7. The number of esters is 2. The van der Waals surface area contributed by atoms with Crippen LogP contribution in [0.1, 0.15) is 46.1 Å². The number of carbonyl (C=O) groups excluding carboxylic acids is 2. The molecule has 2 heterocycles. The second-order valence-corrected chi connectivity index (χ2v) is 17.4. The van der Waals surface area contributed by atoms with Gasteiger partial charge in [-0.25, -0.2) is 9.59 Å². The van der Waals surface area contributed by atoms with Gasteiger partial charge in [0.05, 0.1) is 25.3 Å². The molecule has 0 amide bonds. The first-order valence-electron chi connectivity index (χ1n) is 15.9. The van der Waals surface area contributed by atoms with E-state index in [1.165, 1.54) is 29.2 Å². The van der Waals surface area contributed by atoms with Crippen LogP contribution < -0.4 is 21.0 Å². The van der Waals surface area contributed by atoms with Gasteiger partial charge in [-0.1, -0.05) is 81.4 Å². The summed E-state index contributed by atoms with van der Waals surface area (Å²) in [5.41, 5.74) is 1.99. The number of carbonyl (C=O) groups is 2. The van der Waals surface area contributed by atoms with Crippen molar-refractivity contribution < 1.29 is 23.5 Å². The van der Waals surface area contributed by atoms with Gasteiger partial charge in [-0.15, -0.1) is 0 Å². The molecule has 1 aromatic heterocycles. The van der Waals surface area contributed by atoms with Crippen LogP contribution in [-0.2, 0) is 30.5 Å². The summed E-state index contributed by atoms with van der Waals surface area (Å²) in [5, 5.41) is 2.46. The molecular weight excluding hydrogens is 598 g/mol. The van der Waals surface area contributed by atoms with Crippen molar-refractivity contribution in [1.29, 1.82) is 0 Å². The highest BCUT2D eigenvalue weighted by molar-refractivity contribution is 6.99. The predicted molar refractivity (Wildman–Crippen MR) is 183 cm³/mol. The monoisotopic (exact) mass is 643 g/mol. The van der Waals surface area contributed by atoms with Crippen molar-refractivity contribution in [2.75, 3.05) is 38.8 Å². The molecule has 1 aliphatic rings. The number of imidazole rings is 1. The fourth-order valence-electron chi connectivity index (χ4n) is 6.90. The molecule has 2 atom stereocenters. The van der Waals surface area contributed by atoms with E-state index in [0.717, 1.165) is 25.2 Å². The summed E-state index contributed by atoms with van der Waals surface area (Å²) in [6, 6.07) is 26.4. The summed E-state index contributed by atoms with van der Waals surface area (Å²) < 4.78 is 20.0. The number of methoxy groups -OCH3 is 2. The van der Waals surface area contributed by atoms with E-state index in [2.05, 4.69) is 86.3 Å². The first-order valence-corrected chi connectivity index (χ1v) is 17.8. The van der Waals surface area contributed by atoms with Gasteiger partial charge >= 0.3 is 17.6 Å². The second-order valence-electron chi connectivity index (χ2n) is 13.1. The SMILES string of the molecule is COC(=O)CCC(C(=O)OC)n1c(=O)n(C)c2cc(N3CCC(CO[Si](c4ccccc4)(c4ccccc4)C(C)(C)C)C3)ccc21. The number of nitrogens with zero attached hydrogens (tertiary/aromatic N) is 3. The van der Waals surface area contributed by atoms with Gasteiger partial charge in [0.1, 0.15) is 6.04 Å². The van der Waals surface area contributed by atoms with Crippen LogP contribution in [0.15, 0.2) is 83.7 Å². The molecule has 1 aliphatic heterocycles. The lowest BCUT2D eigenvalue weighted by molar-refractivity contribution is -0.146. The number of rotatable bonds is 11. The highest BCUT2D eigenvalue weighted by atomic mass is 28.4. The van der Waals surface area contributed by atoms with Crippen LogP contribution >= 0.6 is 0 Å². The van der Waals surface area contributed by atoms with Crippen LogP contribution in [-0.4, -0.2) is 63.3 Å². The molecule has 4 aromatic rings. The van der Waals surface area contributed by atoms with Crippen molar-refractivity contribution >= 4 is 47.4 Å². The van der Waals surface area contributed by atoms with Crippen molar-refractivity contribution in [2.45, 2.75) is 51.1 Å². The fourth-order valence-corrected chi connectivity index (χ4v) is 11.5. The van der Waals surface area contributed by atoms with Crippen molar-refractivity contribution in [3.8, 4) is 0 Å². The number of anilines is 1. The molecule has 0 saturated carbocycles. The average Bonchev–Trinajstić information content (AvgIpc) is 3.64. The van der Waals surface area contributed by atoms with Crippen LogP contribution in [0, 0.1) is 5.92 Å². The molecule has 0 bridgehead atoms. The Morgan fingerprint density at radius 3 is 2.11 bits per heavy atom. The Hall–Kier alpha value is -4.15. The molecule has 9 nitrogen and oxygen atoms in total. The third kappa shape index (κ3) is 6.28. The minimum absolute atomic E-state index is 0.0116. The van der Waals surface area contributed by atoms with E-state index < -0.39 is 26.3 Å². The molecule has 3 aromatic carbocycles. The van der Waals surface area contributed by atoms with Gasteiger partial charge in [0.25, 0.3) is 8.32 Å². The molecule has 0 N–H and O–H groups in total. The molecular formula is C36H45N3O6Si. The molecule has 1 fully saturated rings. The summed E-state index contributed by atoms with van der Waals surface area (Å²) >= 11 is 0. The maximum atomic E-state index is 13.4. The topological polar surface area (TPSA) is 92.0 Å². The van der Waals surface area contributed by atoms with Crippen molar-refractivity contribution in [2.24, 2.45) is 13.0 Å². The first-order chi connectivity index (χ1) is 22.0. The smallest absolute Gasteiger partial charge is 0.329 e. The number of benzene rings is 3. The summed E-state index contributed by atoms with van der Waals surface area (Å²) in [7, 11) is 1.65. The lowest BCUT2D eigenvalue weighted by Crippen LogP contribution is -2.67. The predicted octanol–water partition coefficient (Wildman–Crippen LogP) is 4.41. The fraction of sp³-hybridized carbons (Fsp3) is 0.417. The summed E-state index contributed by atoms with van der Waals surface area (Å²) in [5.74, 6) is -0.689. The van der Waals surface area contributed by atoms with Gasteiger partial charge in [0, 0.05) is 44.8 Å². The molecule has 1 saturated heterocycles. The highest BCUT2D eigenvalue weighted by Crippen LogP contribution is 2.38. The Morgan fingerprint density at radius 2 is 1.54 bits per heavy atom. The van der Waals surface area contributed by atoms with Gasteiger partial charge in [0.2, 0.25) is 0 Å². The van der Waals surface area contributed by atoms with Crippen LogP contribution in [0.2, 0.25) is 5.04 Å². The zero-order valence-corrected chi connectivity index (χ0v) is 28.7. The quantitative estimate of drug-likeness (QED) is 0.177. The van der Waals surface area contributed by atoms with Crippen LogP contribution in [0.25, 0.3) is 11.0 Å². The van der Waals surface area contributed by atoms with Crippen molar-refractivity contribution in [1.82, 2.24) is 9.13 Å². The zero-order chi connectivity index (χ0) is 33.1. The van der Waals surface area contributed by atoms with Crippen LogP contribution in [0.5, 0.6) is 0 Å². The maximum Gasteiger partial charge on any atom is 0.329 e. The number of aromatic nitrogens is 2. The van der Waals surface area contributed by atoms with Gasteiger partial charge in [-0.2, -0.15) is 0 Å². The van der Waals surface area contributed by atoms with Gasteiger partial charge in [-0.05, 0) is 46.5 Å². The Bertz CT molecular complexity index is 1690. The van der Waals surface area contributed by atoms with E-state index in [9.17, 15) is 14.4 Å². The maximum absolute atomic E-state index is 13.4. The van der Waals surface area contributed by atoms with E-state index >= 15 is 0 Å². The lowest BCUT2D eigenvalue weighted by atomic mass is 10.1. The Kier molecular flexibility index (Phi) is 9.88. The summed E-state index contributed by atoms with van der Waals surface area (Å²) in [6.45, 7) is 9.26. The highest BCUT2D eigenvalue weighted by Gasteiger charge is 2.50. The molecule has 244 valence electrons. The van der Waals surface area contributed by atoms with E-state index in [-0.39, 0.29) is 23.6 Å². The van der Waals surface area contributed by atoms with Gasteiger partial charge in [0.15, 0.2) is 0 Å². The third-order valence-corrected chi connectivity index (χ3v) is 14.3. The molecule has 2 unspecified atom stereocenters. The molecule has 5 rings (SSSR count). The third-order valence-electron chi connectivity index (χ3n) is 9.31. The van der Waals surface area contributed by atoms with E-state index in [1.54, 1.807) is 11.6 Å². The molecule has 0 radical (unpaired) electrons. The van der Waals surface area contributed by atoms with E-state index in [1.807, 2.05) is 18.2 Å². The van der Waals surface area contributed by atoms with Crippen molar-refractivity contribution in [3.05, 3.63) is 89.3 Å². The average molecular weight is 644 g/mol.